The molecule has 2 aliphatic rings. The summed E-state index contributed by atoms with van der Waals surface area (Å²) in [4.78, 5) is 0. The van der Waals surface area contributed by atoms with E-state index < -0.39 is 0 Å². The summed E-state index contributed by atoms with van der Waals surface area (Å²) in [5, 5.41) is 5.37. The molecule has 38 heavy (non-hydrogen) atoms. The molecule has 0 saturated carbocycles. The van der Waals surface area contributed by atoms with Crippen molar-refractivity contribution < 1.29 is 0 Å². The van der Waals surface area contributed by atoms with E-state index in [4.69, 9.17) is 0 Å². The van der Waals surface area contributed by atoms with Crippen LogP contribution in [0.3, 0.4) is 0 Å². The lowest BCUT2D eigenvalue weighted by atomic mass is 9.90. The SMILES string of the molecule is c1ccc2c(c1)-c1cccc3ccc(-c4ccc(-c5ccc6cccc7c6c5-c5ccccc5-7)cc4)c-2c13. The smallest absolute Gasteiger partial charge is 0.00143 e. The monoisotopic (exact) mass is 478 g/mol. The summed E-state index contributed by atoms with van der Waals surface area (Å²) in [5.41, 5.74) is 15.9. The fraction of sp³-hybridized carbons (Fsp3) is 0. The summed E-state index contributed by atoms with van der Waals surface area (Å²) in [7, 11) is 0. The first kappa shape index (κ1) is 20.2. The molecule has 0 spiro atoms. The van der Waals surface area contributed by atoms with Crippen LogP contribution in [0.5, 0.6) is 0 Å². The summed E-state index contributed by atoms with van der Waals surface area (Å²) in [6, 6.07) is 49.4. The Labute approximate surface area is 221 Å². The minimum Gasteiger partial charge on any atom is -0.0616 e. The first-order chi connectivity index (χ1) is 18.9. The largest absolute Gasteiger partial charge is 0.0616 e. The molecule has 0 heteroatoms. The highest BCUT2D eigenvalue weighted by molar-refractivity contribution is 6.20. The summed E-state index contributed by atoms with van der Waals surface area (Å²) < 4.78 is 0. The van der Waals surface area contributed by atoms with E-state index in [1.165, 1.54) is 88.3 Å². The lowest BCUT2D eigenvalue weighted by Crippen LogP contribution is -1.87. The number of benzene rings is 7. The van der Waals surface area contributed by atoms with Crippen molar-refractivity contribution in [2.75, 3.05) is 0 Å². The molecule has 0 radical (unpaired) electrons. The Morgan fingerprint density at radius 1 is 0.237 bits per heavy atom. The van der Waals surface area contributed by atoms with E-state index in [0.29, 0.717) is 0 Å². The van der Waals surface area contributed by atoms with Gasteiger partial charge in [-0.05, 0) is 88.3 Å². The van der Waals surface area contributed by atoms with Gasteiger partial charge >= 0.3 is 0 Å². The highest BCUT2D eigenvalue weighted by Gasteiger charge is 2.25. The summed E-state index contributed by atoms with van der Waals surface area (Å²) >= 11 is 0. The number of hydrogen-bond acceptors (Lipinski definition) is 0. The van der Waals surface area contributed by atoms with Gasteiger partial charge in [0.2, 0.25) is 0 Å². The average Bonchev–Trinajstić information content (AvgIpc) is 3.50. The van der Waals surface area contributed by atoms with Crippen LogP contribution in [0.4, 0.5) is 0 Å². The van der Waals surface area contributed by atoms with Gasteiger partial charge in [-0.2, -0.15) is 0 Å². The first-order valence-corrected chi connectivity index (χ1v) is 13.3. The zero-order valence-electron chi connectivity index (χ0n) is 20.7. The topological polar surface area (TPSA) is 0 Å². The normalized spacial score (nSPS) is 12.2. The van der Waals surface area contributed by atoms with Crippen LogP contribution < -0.4 is 0 Å². The van der Waals surface area contributed by atoms with E-state index in [-0.39, 0.29) is 0 Å². The molecule has 7 aromatic carbocycles. The molecule has 2 aliphatic carbocycles. The molecule has 7 aromatic rings. The first-order valence-electron chi connectivity index (χ1n) is 13.3. The van der Waals surface area contributed by atoms with Gasteiger partial charge in [0.05, 0.1) is 0 Å². The third-order valence-electron chi connectivity index (χ3n) is 8.57. The maximum absolute atomic E-state index is 2.31. The van der Waals surface area contributed by atoms with Gasteiger partial charge in [-0.25, -0.2) is 0 Å². The molecule has 174 valence electrons. The molecule has 0 saturated heterocycles. The van der Waals surface area contributed by atoms with Crippen molar-refractivity contribution >= 4 is 21.5 Å². The molecule has 0 nitrogen and oxygen atoms in total. The molecular formula is C38H22. The molecule has 0 fully saturated rings. The van der Waals surface area contributed by atoms with Crippen molar-refractivity contribution in [3.8, 4) is 66.8 Å². The minimum atomic E-state index is 1.26. The molecule has 0 heterocycles. The predicted octanol–water partition coefficient (Wildman–Crippen LogP) is 10.6. The quantitative estimate of drug-likeness (QED) is 0.232. The third-order valence-corrected chi connectivity index (χ3v) is 8.57. The summed E-state index contributed by atoms with van der Waals surface area (Å²) in [6.07, 6.45) is 0. The lowest BCUT2D eigenvalue weighted by molar-refractivity contribution is 1.61. The number of rotatable bonds is 2. The van der Waals surface area contributed by atoms with E-state index >= 15 is 0 Å². The van der Waals surface area contributed by atoms with Crippen molar-refractivity contribution in [2.45, 2.75) is 0 Å². The van der Waals surface area contributed by atoms with Crippen LogP contribution in [0.15, 0.2) is 133 Å². The van der Waals surface area contributed by atoms with Crippen molar-refractivity contribution in [1.82, 2.24) is 0 Å². The summed E-state index contributed by atoms with van der Waals surface area (Å²) in [5.74, 6) is 0. The van der Waals surface area contributed by atoms with Crippen molar-refractivity contribution in [3.05, 3.63) is 133 Å². The molecular weight excluding hydrogens is 456 g/mol. The van der Waals surface area contributed by atoms with Gasteiger partial charge in [-0.1, -0.05) is 133 Å². The van der Waals surface area contributed by atoms with E-state index in [9.17, 15) is 0 Å². The minimum absolute atomic E-state index is 1.26. The molecule has 0 aliphatic heterocycles. The van der Waals surface area contributed by atoms with E-state index in [2.05, 4.69) is 133 Å². The van der Waals surface area contributed by atoms with Gasteiger partial charge in [0, 0.05) is 0 Å². The second kappa shape index (κ2) is 7.31. The molecule has 0 atom stereocenters. The van der Waals surface area contributed by atoms with E-state index in [1.54, 1.807) is 0 Å². The van der Waals surface area contributed by atoms with Crippen LogP contribution in [0.25, 0.3) is 88.3 Å². The fourth-order valence-corrected chi connectivity index (χ4v) is 6.95. The molecule has 0 N–H and O–H groups in total. The molecule has 0 amide bonds. The maximum atomic E-state index is 2.31. The van der Waals surface area contributed by atoms with Crippen LogP contribution in [0.1, 0.15) is 0 Å². The highest BCUT2D eigenvalue weighted by atomic mass is 14.3. The van der Waals surface area contributed by atoms with Crippen LogP contribution in [0.2, 0.25) is 0 Å². The Morgan fingerprint density at radius 2 is 0.632 bits per heavy atom. The lowest BCUT2D eigenvalue weighted by Gasteiger charge is -2.13. The van der Waals surface area contributed by atoms with Gasteiger partial charge < -0.3 is 0 Å². The van der Waals surface area contributed by atoms with Crippen molar-refractivity contribution in [3.63, 3.8) is 0 Å². The van der Waals surface area contributed by atoms with Crippen LogP contribution in [-0.2, 0) is 0 Å². The Bertz CT molecular complexity index is 1950. The number of fused-ring (bicyclic) bond motifs is 6. The van der Waals surface area contributed by atoms with Crippen molar-refractivity contribution in [2.24, 2.45) is 0 Å². The zero-order chi connectivity index (χ0) is 24.8. The molecule has 0 bridgehead atoms. The van der Waals surface area contributed by atoms with E-state index in [0.717, 1.165) is 0 Å². The second-order valence-electron chi connectivity index (χ2n) is 10.5. The predicted molar refractivity (Wildman–Crippen MR) is 161 cm³/mol. The Hall–Kier alpha value is -4.94. The standard InChI is InChI=1S/C38H22/c1-3-11-33-29(9-1)31-13-5-7-25-19-21-27(37(33)35(25)31)23-15-17-24(18-16-23)28-22-20-26-8-6-14-32-30-10-2-4-12-34(30)38(28)36(26)32/h1-22H. The van der Waals surface area contributed by atoms with Crippen LogP contribution >= 0.6 is 0 Å². The third kappa shape index (κ3) is 2.54. The Balaban J connectivity index is 1.23. The molecule has 9 rings (SSSR count). The van der Waals surface area contributed by atoms with Crippen LogP contribution in [-0.4, -0.2) is 0 Å². The average molecular weight is 479 g/mol. The second-order valence-corrected chi connectivity index (χ2v) is 10.5. The zero-order valence-corrected chi connectivity index (χ0v) is 20.7. The molecule has 0 unspecified atom stereocenters. The van der Waals surface area contributed by atoms with Crippen LogP contribution in [0, 0.1) is 0 Å². The number of hydrogen-bond donors (Lipinski definition) is 0. The van der Waals surface area contributed by atoms with Crippen molar-refractivity contribution in [1.29, 1.82) is 0 Å². The Kier molecular flexibility index (Phi) is 3.88. The summed E-state index contributed by atoms with van der Waals surface area (Å²) in [6.45, 7) is 0. The Morgan fingerprint density at radius 3 is 1.08 bits per heavy atom. The van der Waals surface area contributed by atoms with Gasteiger partial charge in [-0.15, -0.1) is 0 Å². The molecule has 0 aromatic heterocycles. The van der Waals surface area contributed by atoms with Gasteiger partial charge in [0.1, 0.15) is 0 Å². The van der Waals surface area contributed by atoms with E-state index in [1.807, 2.05) is 0 Å². The van der Waals surface area contributed by atoms with Gasteiger partial charge in [0.25, 0.3) is 0 Å². The maximum Gasteiger partial charge on any atom is -0.00143 e. The highest BCUT2D eigenvalue weighted by Crippen LogP contribution is 2.53. The van der Waals surface area contributed by atoms with Gasteiger partial charge in [0.15, 0.2) is 0 Å². The fourth-order valence-electron chi connectivity index (χ4n) is 6.95. The van der Waals surface area contributed by atoms with Gasteiger partial charge in [-0.3, -0.25) is 0 Å².